The van der Waals surface area contributed by atoms with Crippen LogP contribution in [0.1, 0.15) is 28.4 Å². The normalized spacial score (nSPS) is 18.7. The molecule has 0 radical (unpaired) electrons. The molecule has 1 amide bonds. The molecule has 0 bridgehead atoms. The van der Waals surface area contributed by atoms with E-state index in [1.54, 1.807) is 30.6 Å². The van der Waals surface area contributed by atoms with Gasteiger partial charge in [0.25, 0.3) is 5.91 Å². The van der Waals surface area contributed by atoms with E-state index >= 15 is 0 Å². The van der Waals surface area contributed by atoms with Crippen LogP contribution in [-0.2, 0) is 9.84 Å². The van der Waals surface area contributed by atoms with Crippen LogP contribution in [-0.4, -0.2) is 30.0 Å². The maximum atomic E-state index is 12.6. The summed E-state index contributed by atoms with van der Waals surface area (Å²) in [6.45, 7) is 0. The van der Waals surface area contributed by atoms with Gasteiger partial charge in [-0.15, -0.1) is 0 Å². The molecular formula is C17H16N4O3S. The number of nitrogens with two attached hydrogens (primary N) is 1. The number of carbonyl (C=O) groups is 1. The molecule has 8 heteroatoms. The maximum absolute atomic E-state index is 12.6. The first-order chi connectivity index (χ1) is 12.0. The molecule has 25 heavy (non-hydrogen) atoms. The smallest absolute Gasteiger partial charge is 0.255 e. The molecule has 1 aliphatic heterocycles. The largest absolute Gasteiger partial charge is 0.346 e. The summed E-state index contributed by atoms with van der Waals surface area (Å²) in [4.78, 5) is 19.9. The Morgan fingerprint density at radius 3 is 2.96 bits per heavy atom. The van der Waals surface area contributed by atoms with Crippen LogP contribution in [0.15, 0.2) is 47.6 Å². The molecule has 1 atom stereocenters. The number of anilines is 1. The van der Waals surface area contributed by atoms with E-state index in [-0.39, 0.29) is 28.2 Å². The zero-order valence-corrected chi connectivity index (χ0v) is 14.0. The molecule has 0 fully saturated rings. The fraction of sp³-hybridized carbons (Fsp3) is 0.176. The minimum Gasteiger partial charge on any atom is -0.346 e. The van der Waals surface area contributed by atoms with Gasteiger partial charge in [-0.2, -0.15) is 0 Å². The highest BCUT2D eigenvalue weighted by Gasteiger charge is 2.29. The molecule has 0 saturated carbocycles. The van der Waals surface area contributed by atoms with E-state index in [0.717, 1.165) is 5.39 Å². The van der Waals surface area contributed by atoms with Gasteiger partial charge in [-0.1, -0.05) is 6.07 Å². The molecule has 1 aromatic carbocycles. The molecule has 128 valence electrons. The summed E-state index contributed by atoms with van der Waals surface area (Å²) in [5.41, 5.74) is 8.11. The topological polar surface area (TPSA) is 118 Å². The lowest BCUT2D eigenvalue weighted by molar-refractivity contribution is 0.102. The van der Waals surface area contributed by atoms with Crippen molar-refractivity contribution in [1.82, 2.24) is 9.97 Å². The number of pyridine rings is 1. The summed E-state index contributed by atoms with van der Waals surface area (Å²) in [5, 5.41) is 3.59. The fourth-order valence-corrected chi connectivity index (χ4v) is 4.73. The van der Waals surface area contributed by atoms with Gasteiger partial charge in [0, 0.05) is 29.4 Å². The van der Waals surface area contributed by atoms with Gasteiger partial charge in [-0.3, -0.25) is 4.79 Å². The van der Waals surface area contributed by atoms with E-state index in [1.165, 1.54) is 6.07 Å². The number of fused-ring (bicyclic) bond motifs is 2. The third-order valence-electron chi connectivity index (χ3n) is 4.42. The molecule has 7 nitrogen and oxygen atoms in total. The van der Waals surface area contributed by atoms with Crippen molar-refractivity contribution in [3.8, 4) is 0 Å². The highest BCUT2D eigenvalue weighted by molar-refractivity contribution is 7.91. The zero-order chi connectivity index (χ0) is 17.6. The first kappa shape index (κ1) is 15.8. The van der Waals surface area contributed by atoms with E-state index < -0.39 is 9.84 Å². The molecule has 3 heterocycles. The van der Waals surface area contributed by atoms with Crippen molar-refractivity contribution in [1.29, 1.82) is 0 Å². The Balaban J connectivity index is 1.71. The number of aromatic amines is 1. The van der Waals surface area contributed by atoms with Crippen molar-refractivity contribution in [2.45, 2.75) is 17.4 Å². The van der Waals surface area contributed by atoms with Gasteiger partial charge in [0.2, 0.25) is 0 Å². The predicted molar refractivity (Wildman–Crippen MR) is 94.1 cm³/mol. The van der Waals surface area contributed by atoms with E-state index in [1.807, 2.05) is 6.07 Å². The lowest BCUT2D eigenvalue weighted by Crippen LogP contribution is -2.25. The highest BCUT2D eigenvalue weighted by Crippen LogP contribution is 2.31. The quantitative estimate of drug-likeness (QED) is 0.649. The molecule has 4 N–H and O–H groups in total. The van der Waals surface area contributed by atoms with Crippen molar-refractivity contribution in [2.24, 2.45) is 5.73 Å². The molecule has 0 aliphatic carbocycles. The SMILES string of the molecule is N[C@@H]1CCS(=O)(=O)c2cc(C(=O)Nc3ccnc4[nH]ccc34)ccc21. The number of H-pyrrole nitrogens is 1. The number of hydrogen-bond acceptors (Lipinski definition) is 5. The minimum absolute atomic E-state index is 0.000562. The van der Waals surface area contributed by atoms with E-state index in [4.69, 9.17) is 5.73 Å². The van der Waals surface area contributed by atoms with Gasteiger partial charge in [-0.05, 0) is 36.2 Å². The van der Waals surface area contributed by atoms with E-state index in [0.29, 0.717) is 23.3 Å². The van der Waals surface area contributed by atoms with Crippen molar-refractivity contribution >= 4 is 32.5 Å². The van der Waals surface area contributed by atoms with Crippen molar-refractivity contribution < 1.29 is 13.2 Å². The molecule has 1 aliphatic rings. The van der Waals surface area contributed by atoms with Crippen LogP contribution < -0.4 is 11.1 Å². The van der Waals surface area contributed by atoms with Crippen LogP contribution in [0.3, 0.4) is 0 Å². The second kappa shape index (κ2) is 5.68. The Morgan fingerprint density at radius 1 is 1.28 bits per heavy atom. The van der Waals surface area contributed by atoms with Crippen LogP contribution in [0.25, 0.3) is 11.0 Å². The highest BCUT2D eigenvalue weighted by atomic mass is 32.2. The van der Waals surface area contributed by atoms with Gasteiger partial charge in [0.15, 0.2) is 9.84 Å². The number of amides is 1. The number of aromatic nitrogens is 2. The van der Waals surface area contributed by atoms with Gasteiger partial charge in [0.05, 0.1) is 16.3 Å². The standard InChI is InChI=1S/C17H16N4O3S/c18-13-5-8-25(23,24)15-9-10(1-2-11(13)15)17(22)21-14-4-7-20-16-12(14)3-6-19-16/h1-4,6-7,9,13H,5,8,18H2,(H2,19,20,21,22)/t13-/m1/s1. The van der Waals surface area contributed by atoms with Crippen LogP contribution in [0.2, 0.25) is 0 Å². The molecule has 0 saturated heterocycles. The van der Waals surface area contributed by atoms with Gasteiger partial charge in [-0.25, -0.2) is 13.4 Å². The van der Waals surface area contributed by atoms with Crippen LogP contribution in [0.5, 0.6) is 0 Å². The Morgan fingerprint density at radius 2 is 2.12 bits per heavy atom. The Hall–Kier alpha value is -2.71. The molecule has 4 rings (SSSR count). The van der Waals surface area contributed by atoms with Gasteiger partial charge < -0.3 is 16.0 Å². The zero-order valence-electron chi connectivity index (χ0n) is 13.2. The lowest BCUT2D eigenvalue weighted by atomic mass is 10.0. The lowest BCUT2D eigenvalue weighted by Gasteiger charge is -2.22. The second-order valence-electron chi connectivity index (χ2n) is 6.02. The number of benzene rings is 1. The molecule has 2 aromatic heterocycles. The second-order valence-corrected chi connectivity index (χ2v) is 8.10. The monoisotopic (exact) mass is 356 g/mol. The number of nitrogens with zero attached hydrogens (tertiary/aromatic N) is 1. The fourth-order valence-electron chi connectivity index (χ4n) is 3.06. The summed E-state index contributed by atoms with van der Waals surface area (Å²) in [6, 6.07) is 7.83. The number of hydrogen-bond donors (Lipinski definition) is 3. The van der Waals surface area contributed by atoms with E-state index in [2.05, 4.69) is 15.3 Å². The Kier molecular flexibility index (Phi) is 3.59. The van der Waals surface area contributed by atoms with Gasteiger partial charge in [0.1, 0.15) is 5.65 Å². The summed E-state index contributed by atoms with van der Waals surface area (Å²) < 4.78 is 24.6. The first-order valence-electron chi connectivity index (χ1n) is 7.81. The van der Waals surface area contributed by atoms with E-state index in [9.17, 15) is 13.2 Å². The summed E-state index contributed by atoms with van der Waals surface area (Å²) in [5.74, 6) is -0.383. The summed E-state index contributed by atoms with van der Waals surface area (Å²) in [6.07, 6.45) is 3.72. The minimum atomic E-state index is -3.40. The van der Waals surface area contributed by atoms with Crippen LogP contribution in [0.4, 0.5) is 5.69 Å². The third kappa shape index (κ3) is 2.69. The Labute approximate surface area is 144 Å². The molecule has 3 aromatic rings. The van der Waals surface area contributed by atoms with Gasteiger partial charge >= 0.3 is 0 Å². The van der Waals surface area contributed by atoms with Crippen molar-refractivity contribution in [2.75, 3.05) is 11.1 Å². The summed E-state index contributed by atoms with van der Waals surface area (Å²) >= 11 is 0. The van der Waals surface area contributed by atoms with Crippen molar-refractivity contribution in [3.63, 3.8) is 0 Å². The molecular weight excluding hydrogens is 340 g/mol. The molecule has 0 unspecified atom stereocenters. The maximum Gasteiger partial charge on any atom is 0.255 e. The summed E-state index contributed by atoms with van der Waals surface area (Å²) in [7, 11) is -3.40. The number of nitrogens with one attached hydrogen (secondary N) is 2. The van der Waals surface area contributed by atoms with Crippen LogP contribution in [0, 0.1) is 0 Å². The number of sulfone groups is 1. The average Bonchev–Trinajstić information content (AvgIpc) is 3.08. The van der Waals surface area contributed by atoms with Crippen LogP contribution >= 0.6 is 0 Å². The Bertz CT molecular complexity index is 1090. The van der Waals surface area contributed by atoms with Crippen molar-refractivity contribution in [3.05, 3.63) is 53.9 Å². The average molecular weight is 356 g/mol. The first-order valence-corrected chi connectivity index (χ1v) is 9.47. The predicted octanol–water partition coefficient (Wildman–Crippen LogP) is 1.99. The molecule has 0 spiro atoms. The third-order valence-corrected chi connectivity index (χ3v) is 6.21. The number of carbonyl (C=O) groups excluding carboxylic acids is 1. The number of rotatable bonds is 2.